The van der Waals surface area contributed by atoms with Crippen LogP contribution in [0, 0.1) is 13.8 Å². The third kappa shape index (κ3) is 9.63. The standard InChI is InChI=1S/C34H41N3O6/c1-8-17-37(32(40)29(36-33(41)43-34(4,5)6)21-24-9-13-27(38)14-10-24)30(25-19-22(2)18-23(3)20-25)31(39)35-26-11-15-28(42-7)16-12-26/h8-16,18-20,29-30,38H,1,17,21H2,2-7H3,(H,35,39)(H,36,41). The van der Waals surface area contributed by atoms with E-state index in [1.807, 2.05) is 32.0 Å². The minimum absolute atomic E-state index is 0.0224. The van der Waals surface area contributed by atoms with Crippen LogP contribution in [0.5, 0.6) is 11.5 Å². The van der Waals surface area contributed by atoms with Gasteiger partial charge in [-0.25, -0.2) is 4.79 Å². The maximum atomic E-state index is 14.4. The molecule has 0 radical (unpaired) electrons. The van der Waals surface area contributed by atoms with Crippen LogP contribution < -0.4 is 15.4 Å². The van der Waals surface area contributed by atoms with Gasteiger partial charge in [0.05, 0.1) is 7.11 Å². The number of phenols is 1. The van der Waals surface area contributed by atoms with Crippen LogP contribution in [0.4, 0.5) is 10.5 Å². The summed E-state index contributed by atoms with van der Waals surface area (Å²) >= 11 is 0. The Labute approximate surface area is 253 Å². The van der Waals surface area contributed by atoms with E-state index in [1.54, 1.807) is 70.4 Å². The van der Waals surface area contributed by atoms with Gasteiger partial charge in [0.1, 0.15) is 29.2 Å². The number of anilines is 1. The summed E-state index contributed by atoms with van der Waals surface area (Å²) in [6, 6.07) is 16.8. The lowest BCUT2D eigenvalue weighted by Gasteiger charge is -2.34. The Kier molecular flexibility index (Phi) is 11.0. The van der Waals surface area contributed by atoms with Crippen LogP contribution in [-0.4, -0.2) is 53.2 Å². The van der Waals surface area contributed by atoms with Gasteiger partial charge in [-0.15, -0.1) is 6.58 Å². The number of ether oxygens (including phenoxy) is 2. The summed E-state index contributed by atoms with van der Waals surface area (Å²) in [5, 5.41) is 15.4. The first-order chi connectivity index (χ1) is 20.3. The van der Waals surface area contributed by atoms with Crippen LogP contribution in [0.1, 0.15) is 49.1 Å². The van der Waals surface area contributed by atoms with Gasteiger partial charge in [-0.2, -0.15) is 0 Å². The number of nitrogens with zero attached hydrogens (tertiary/aromatic N) is 1. The lowest BCUT2D eigenvalue weighted by Crippen LogP contribution is -2.53. The van der Waals surface area contributed by atoms with Gasteiger partial charge in [0.25, 0.3) is 5.91 Å². The van der Waals surface area contributed by atoms with Gasteiger partial charge in [0.15, 0.2) is 0 Å². The van der Waals surface area contributed by atoms with E-state index in [9.17, 15) is 19.5 Å². The van der Waals surface area contributed by atoms with Gasteiger partial charge in [0, 0.05) is 18.7 Å². The first-order valence-electron chi connectivity index (χ1n) is 14.0. The van der Waals surface area contributed by atoms with Gasteiger partial charge in [-0.1, -0.05) is 47.5 Å². The number of hydrogen-bond acceptors (Lipinski definition) is 6. The third-order valence-corrected chi connectivity index (χ3v) is 6.45. The van der Waals surface area contributed by atoms with Crippen molar-refractivity contribution < 1.29 is 29.0 Å². The Morgan fingerprint density at radius 1 is 0.977 bits per heavy atom. The highest BCUT2D eigenvalue weighted by atomic mass is 16.6. The van der Waals surface area contributed by atoms with Crippen LogP contribution in [0.15, 0.2) is 79.4 Å². The lowest BCUT2D eigenvalue weighted by atomic mass is 9.97. The number of carbonyl (C=O) groups excluding carboxylic acids is 3. The Hall–Kier alpha value is -4.79. The second-order valence-corrected chi connectivity index (χ2v) is 11.4. The quantitative estimate of drug-likeness (QED) is 0.243. The number of hydrogen-bond donors (Lipinski definition) is 3. The van der Waals surface area contributed by atoms with Crippen molar-refractivity contribution in [2.45, 2.75) is 58.7 Å². The van der Waals surface area contributed by atoms with E-state index in [2.05, 4.69) is 17.2 Å². The van der Waals surface area contributed by atoms with E-state index in [-0.39, 0.29) is 18.7 Å². The molecule has 2 unspecified atom stereocenters. The predicted octanol–water partition coefficient (Wildman–Crippen LogP) is 5.85. The Bertz CT molecular complexity index is 1410. The Morgan fingerprint density at radius 2 is 1.58 bits per heavy atom. The summed E-state index contributed by atoms with van der Waals surface area (Å²) in [7, 11) is 1.56. The molecular weight excluding hydrogens is 546 g/mol. The zero-order chi connectivity index (χ0) is 31.7. The maximum Gasteiger partial charge on any atom is 0.408 e. The summed E-state index contributed by atoms with van der Waals surface area (Å²) in [5.74, 6) is -0.235. The highest BCUT2D eigenvalue weighted by Crippen LogP contribution is 2.27. The van der Waals surface area contributed by atoms with Crippen molar-refractivity contribution in [2.24, 2.45) is 0 Å². The molecule has 228 valence electrons. The SMILES string of the molecule is C=CCN(C(=O)C(Cc1ccc(O)cc1)NC(=O)OC(C)(C)C)C(C(=O)Nc1ccc(OC)cc1)c1cc(C)cc(C)c1. The first kappa shape index (κ1) is 32.7. The molecule has 0 spiro atoms. The molecule has 0 fully saturated rings. The van der Waals surface area contributed by atoms with E-state index < -0.39 is 35.6 Å². The zero-order valence-electron chi connectivity index (χ0n) is 25.6. The Morgan fingerprint density at radius 3 is 2.12 bits per heavy atom. The number of nitrogens with one attached hydrogen (secondary N) is 2. The average Bonchev–Trinajstić information content (AvgIpc) is 2.92. The van der Waals surface area contributed by atoms with Gasteiger partial charge < -0.3 is 30.1 Å². The summed E-state index contributed by atoms with van der Waals surface area (Å²) in [6.45, 7) is 12.9. The van der Waals surface area contributed by atoms with Crippen molar-refractivity contribution in [3.63, 3.8) is 0 Å². The number of alkyl carbamates (subject to hydrolysis) is 1. The molecule has 0 aromatic heterocycles. The molecule has 0 aliphatic rings. The number of methoxy groups -OCH3 is 1. The number of aromatic hydroxyl groups is 1. The second-order valence-electron chi connectivity index (χ2n) is 11.4. The molecule has 2 atom stereocenters. The minimum atomic E-state index is -1.10. The topological polar surface area (TPSA) is 117 Å². The zero-order valence-corrected chi connectivity index (χ0v) is 25.6. The number of carbonyl (C=O) groups is 3. The molecule has 3 aromatic carbocycles. The summed E-state index contributed by atoms with van der Waals surface area (Å²) < 4.78 is 10.7. The van der Waals surface area contributed by atoms with Crippen molar-refractivity contribution in [3.8, 4) is 11.5 Å². The molecule has 9 nitrogen and oxygen atoms in total. The molecule has 0 saturated carbocycles. The monoisotopic (exact) mass is 587 g/mol. The van der Waals surface area contributed by atoms with E-state index in [0.29, 0.717) is 22.6 Å². The van der Waals surface area contributed by atoms with E-state index >= 15 is 0 Å². The minimum Gasteiger partial charge on any atom is -0.508 e. The van der Waals surface area contributed by atoms with Crippen LogP contribution in [0.2, 0.25) is 0 Å². The normalized spacial score (nSPS) is 12.4. The van der Waals surface area contributed by atoms with Crippen molar-refractivity contribution in [2.75, 3.05) is 19.0 Å². The molecule has 3 amide bonds. The number of rotatable bonds is 11. The molecule has 0 bridgehead atoms. The number of benzene rings is 3. The molecule has 0 saturated heterocycles. The second kappa shape index (κ2) is 14.4. The average molecular weight is 588 g/mol. The van der Waals surface area contributed by atoms with Gasteiger partial charge in [0.2, 0.25) is 5.91 Å². The van der Waals surface area contributed by atoms with Gasteiger partial charge in [-0.3, -0.25) is 9.59 Å². The molecule has 3 aromatic rings. The first-order valence-corrected chi connectivity index (χ1v) is 14.0. The van der Waals surface area contributed by atoms with Crippen molar-refractivity contribution in [3.05, 3.63) is 102 Å². The van der Waals surface area contributed by atoms with E-state index in [0.717, 1.165) is 11.1 Å². The molecule has 3 rings (SSSR count). The fourth-order valence-corrected chi connectivity index (χ4v) is 4.71. The van der Waals surface area contributed by atoms with Crippen molar-refractivity contribution in [1.29, 1.82) is 0 Å². The molecule has 43 heavy (non-hydrogen) atoms. The smallest absolute Gasteiger partial charge is 0.408 e. The van der Waals surface area contributed by atoms with Crippen LogP contribution >= 0.6 is 0 Å². The molecule has 0 aliphatic heterocycles. The number of amides is 3. The maximum absolute atomic E-state index is 14.4. The number of phenolic OH excluding ortho intramolecular Hbond substituents is 1. The highest BCUT2D eigenvalue weighted by molar-refractivity contribution is 5.99. The van der Waals surface area contributed by atoms with Gasteiger partial charge in [-0.05, 0) is 82.1 Å². The fourth-order valence-electron chi connectivity index (χ4n) is 4.71. The highest BCUT2D eigenvalue weighted by Gasteiger charge is 2.36. The summed E-state index contributed by atoms with van der Waals surface area (Å²) in [6.07, 6.45) is 0.860. The molecule has 0 heterocycles. The third-order valence-electron chi connectivity index (χ3n) is 6.45. The van der Waals surface area contributed by atoms with E-state index in [4.69, 9.17) is 9.47 Å². The molecule has 0 aliphatic carbocycles. The fraction of sp³-hybridized carbons (Fsp3) is 0.324. The molecule has 3 N–H and O–H groups in total. The van der Waals surface area contributed by atoms with E-state index in [1.165, 1.54) is 17.0 Å². The number of aryl methyl sites for hydroxylation is 2. The van der Waals surface area contributed by atoms with Crippen LogP contribution in [0.25, 0.3) is 0 Å². The Balaban J connectivity index is 2.06. The van der Waals surface area contributed by atoms with Crippen molar-refractivity contribution >= 4 is 23.6 Å². The summed E-state index contributed by atoms with van der Waals surface area (Å²) in [5.41, 5.74) is 2.89. The van der Waals surface area contributed by atoms with Gasteiger partial charge >= 0.3 is 6.09 Å². The largest absolute Gasteiger partial charge is 0.508 e. The van der Waals surface area contributed by atoms with Crippen LogP contribution in [0.3, 0.4) is 0 Å². The van der Waals surface area contributed by atoms with Crippen molar-refractivity contribution in [1.82, 2.24) is 10.2 Å². The van der Waals surface area contributed by atoms with Crippen LogP contribution in [-0.2, 0) is 20.7 Å². The molecule has 9 heteroatoms. The lowest BCUT2D eigenvalue weighted by molar-refractivity contribution is -0.140. The molecular formula is C34H41N3O6. The predicted molar refractivity (Wildman–Crippen MR) is 167 cm³/mol. The summed E-state index contributed by atoms with van der Waals surface area (Å²) in [4.78, 5) is 42.7.